The number of carbonyl (C=O) groups excluding carboxylic acids is 1. The lowest BCUT2D eigenvalue weighted by molar-refractivity contribution is -0.302. The Morgan fingerprint density at radius 3 is 0.989 bits per heavy atom. The molecule has 0 aromatic carbocycles. The van der Waals surface area contributed by atoms with Gasteiger partial charge in [-0.05, 0) is 57.8 Å². The van der Waals surface area contributed by atoms with Crippen molar-refractivity contribution in [3.63, 3.8) is 0 Å². The normalized spacial score (nSPS) is 17.9. The molecule has 7 atom stereocenters. The zero-order valence-corrected chi connectivity index (χ0v) is 61.5. The topological polar surface area (TPSA) is 149 Å². The van der Waals surface area contributed by atoms with Gasteiger partial charge in [-0.1, -0.05) is 408 Å². The van der Waals surface area contributed by atoms with Gasteiger partial charge in [0.15, 0.2) is 6.29 Å². The van der Waals surface area contributed by atoms with E-state index in [-0.39, 0.29) is 12.5 Å². The summed E-state index contributed by atoms with van der Waals surface area (Å²) >= 11 is 0. The van der Waals surface area contributed by atoms with Gasteiger partial charge in [-0.3, -0.25) is 4.79 Å². The smallest absolute Gasteiger partial charge is 0.220 e. The van der Waals surface area contributed by atoms with Crippen LogP contribution in [-0.4, -0.2) is 87.5 Å². The Balaban J connectivity index is 2.04. The summed E-state index contributed by atoms with van der Waals surface area (Å²) in [5.41, 5.74) is 0. The van der Waals surface area contributed by atoms with Crippen molar-refractivity contribution in [3.8, 4) is 0 Å². The average Bonchev–Trinajstić information content (AvgIpc) is 1.01. The number of hydrogen-bond donors (Lipinski definition) is 6. The van der Waals surface area contributed by atoms with Crippen LogP contribution in [0.2, 0.25) is 0 Å². The Morgan fingerprint density at radius 1 is 0.376 bits per heavy atom. The van der Waals surface area contributed by atoms with Crippen LogP contribution < -0.4 is 5.32 Å². The molecule has 93 heavy (non-hydrogen) atoms. The average molecular weight is 1310 g/mol. The van der Waals surface area contributed by atoms with Crippen molar-refractivity contribution in [2.45, 2.75) is 455 Å². The Labute approximate surface area is 576 Å². The third kappa shape index (κ3) is 60.8. The van der Waals surface area contributed by atoms with Crippen molar-refractivity contribution < 1.29 is 39.8 Å². The number of allylic oxidation sites excluding steroid dienone is 10. The first-order valence-corrected chi connectivity index (χ1v) is 41.0. The van der Waals surface area contributed by atoms with Gasteiger partial charge in [0, 0.05) is 6.42 Å². The first-order chi connectivity index (χ1) is 45.8. The number of unbranched alkanes of at least 4 members (excludes halogenated alkanes) is 53. The Hall–Kier alpha value is -2.11. The fourth-order valence-corrected chi connectivity index (χ4v) is 13.3. The molecule has 1 aliphatic rings. The van der Waals surface area contributed by atoms with Gasteiger partial charge in [-0.15, -0.1) is 0 Å². The van der Waals surface area contributed by atoms with Crippen molar-refractivity contribution in [2.24, 2.45) is 0 Å². The van der Waals surface area contributed by atoms with Crippen LogP contribution in [0.15, 0.2) is 60.8 Å². The largest absolute Gasteiger partial charge is 0.394 e. The van der Waals surface area contributed by atoms with Gasteiger partial charge in [-0.2, -0.15) is 0 Å². The lowest BCUT2D eigenvalue weighted by Crippen LogP contribution is -2.60. The molecule has 0 spiro atoms. The maximum absolute atomic E-state index is 13.2. The number of carbonyl (C=O) groups is 1. The third-order valence-corrected chi connectivity index (χ3v) is 19.6. The van der Waals surface area contributed by atoms with Crippen LogP contribution in [0, 0.1) is 0 Å². The van der Waals surface area contributed by atoms with Crippen LogP contribution in [0.25, 0.3) is 0 Å². The van der Waals surface area contributed by atoms with E-state index in [4.69, 9.17) is 9.47 Å². The highest BCUT2D eigenvalue weighted by molar-refractivity contribution is 5.76. The molecule has 1 fully saturated rings. The highest BCUT2D eigenvalue weighted by Gasteiger charge is 2.44. The number of rotatable bonds is 73. The van der Waals surface area contributed by atoms with Crippen molar-refractivity contribution in [1.29, 1.82) is 0 Å². The van der Waals surface area contributed by atoms with E-state index in [1.165, 1.54) is 315 Å². The van der Waals surface area contributed by atoms with E-state index in [0.29, 0.717) is 12.8 Å². The van der Waals surface area contributed by atoms with Crippen LogP contribution in [0.5, 0.6) is 0 Å². The second-order valence-electron chi connectivity index (χ2n) is 28.5. The van der Waals surface area contributed by atoms with E-state index in [1.54, 1.807) is 0 Å². The highest BCUT2D eigenvalue weighted by atomic mass is 16.7. The number of aliphatic hydroxyl groups is 5. The van der Waals surface area contributed by atoms with Crippen LogP contribution in [0.1, 0.15) is 412 Å². The minimum absolute atomic E-state index is 0.134. The lowest BCUT2D eigenvalue weighted by atomic mass is 9.99. The number of hydrogen-bond acceptors (Lipinski definition) is 8. The molecular formula is C84H157NO8. The van der Waals surface area contributed by atoms with Gasteiger partial charge < -0.3 is 40.3 Å². The molecule has 0 aliphatic carbocycles. The number of aliphatic hydroxyl groups excluding tert-OH is 5. The molecule has 7 unspecified atom stereocenters. The SMILES string of the molecule is CC/C=C\C/C=C\C/C=C\C/C=C\C/C=C\CCCCCCCCCCCCCCCCCCCCCCCC(=O)NC(COC1OC(CO)C(O)C(O)C1O)C(O)CCCCCCCCCCCCCCCCCCCCCCCCCCCCCCCCCCC. The minimum atomic E-state index is -1.56. The van der Waals surface area contributed by atoms with E-state index < -0.39 is 49.5 Å². The van der Waals surface area contributed by atoms with E-state index >= 15 is 0 Å². The van der Waals surface area contributed by atoms with Crippen LogP contribution in [0.4, 0.5) is 0 Å². The lowest BCUT2D eigenvalue weighted by Gasteiger charge is -2.40. The zero-order chi connectivity index (χ0) is 67.1. The quantitative estimate of drug-likeness (QED) is 0.0261. The van der Waals surface area contributed by atoms with Crippen LogP contribution in [0.3, 0.4) is 0 Å². The first-order valence-electron chi connectivity index (χ1n) is 41.0. The van der Waals surface area contributed by atoms with Gasteiger partial charge in [0.2, 0.25) is 5.91 Å². The van der Waals surface area contributed by atoms with Crippen LogP contribution >= 0.6 is 0 Å². The van der Waals surface area contributed by atoms with E-state index in [9.17, 15) is 30.3 Å². The molecule has 9 heteroatoms. The summed E-state index contributed by atoms with van der Waals surface area (Å²) in [7, 11) is 0. The van der Waals surface area contributed by atoms with Gasteiger partial charge >= 0.3 is 0 Å². The third-order valence-electron chi connectivity index (χ3n) is 19.6. The summed E-state index contributed by atoms with van der Waals surface area (Å²) in [6.45, 7) is 3.79. The highest BCUT2D eigenvalue weighted by Crippen LogP contribution is 2.24. The molecule has 0 aromatic heterocycles. The molecule has 1 aliphatic heterocycles. The predicted octanol–water partition coefficient (Wildman–Crippen LogP) is 23.7. The second kappa shape index (κ2) is 72.6. The maximum Gasteiger partial charge on any atom is 0.220 e. The second-order valence-corrected chi connectivity index (χ2v) is 28.5. The molecule has 1 saturated heterocycles. The fourth-order valence-electron chi connectivity index (χ4n) is 13.3. The van der Waals surface area contributed by atoms with Crippen molar-refractivity contribution in [2.75, 3.05) is 13.2 Å². The molecule has 0 aromatic rings. The summed E-state index contributed by atoms with van der Waals surface area (Å²) < 4.78 is 11.4. The van der Waals surface area contributed by atoms with E-state index in [1.807, 2.05) is 0 Å². The fraction of sp³-hybridized carbons (Fsp3) is 0.869. The Bertz CT molecular complexity index is 1660. The summed E-state index contributed by atoms with van der Waals surface area (Å²) in [4.78, 5) is 13.2. The molecule has 1 heterocycles. The van der Waals surface area contributed by atoms with Crippen molar-refractivity contribution >= 4 is 5.91 Å². The van der Waals surface area contributed by atoms with Gasteiger partial charge in [-0.25, -0.2) is 0 Å². The Kier molecular flexibility index (Phi) is 69.4. The van der Waals surface area contributed by atoms with Crippen molar-refractivity contribution in [1.82, 2.24) is 5.32 Å². The summed E-state index contributed by atoms with van der Waals surface area (Å²) in [5, 5.41) is 55.1. The molecule has 9 nitrogen and oxygen atoms in total. The summed E-state index contributed by atoms with van der Waals surface area (Å²) in [5.74, 6) is -0.136. The van der Waals surface area contributed by atoms with Crippen molar-refractivity contribution in [3.05, 3.63) is 60.8 Å². The number of nitrogens with one attached hydrogen (secondary N) is 1. The standard InChI is InChI=1S/C84H157NO8/c1-3-5-7-9-11-13-15-17-19-21-23-25-27-29-31-33-35-37-38-39-40-42-44-46-48-50-52-54-56-58-60-62-64-66-68-70-72-74-80(88)85-77(76-92-84-83(91)82(90)81(89)79(75-86)93-84)78(87)73-71-69-67-65-63-61-59-57-55-53-51-49-47-45-43-41-36-34-32-30-28-26-24-22-20-18-16-14-12-10-8-6-4-2/h5,7,11,13,17,19,23,25,29,31,77-79,81-84,86-87,89-91H,3-4,6,8-10,12,14-16,18,20-22,24,26-28,30,32-76H2,1-2H3,(H,85,88)/b7-5-,13-11-,19-17-,25-23-,31-29-. The maximum atomic E-state index is 13.2. The molecule has 0 radical (unpaired) electrons. The minimum Gasteiger partial charge on any atom is -0.394 e. The van der Waals surface area contributed by atoms with Crippen LogP contribution in [-0.2, 0) is 14.3 Å². The predicted molar refractivity (Wildman–Crippen MR) is 401 cm³/mol. The Morgan fingerprint density at radius 2 is 0.667 bits per heavy atom. The number of ether oxygens (including phenoxy) is 2. The molecule has 546 valence electrons. The van der Waals surface area contributed by atoms with Gasteiger partial charge in [0.1, 0.15) is 24.4 Å². The zero-order valence-electron chi connectivity index (χ0n) is 61.5. The summed E-state index contributed by atoms with van der Waals surface area (Å²) in [6.07, 6.45) is 94.8. The van der Waals surface area contributed by atoms with E-state index in [0.717, 1.165) is 70.6 Å². The molecule has 0 saturated carbocycles. The number of amides is 1. The monoisotopic (exact) mass is 1310 g/mol. The molecule has 1 amide bonds. The van der Waals surface area contributed by atoms with Gasteiger partial charge in [0.25, 0.3) is 0 Å². The summed E-state index contributed by atoms with van der Waals surface area (Å²) in [6, 6.07) is -0.721. The van der Waals surface area contributed by atoms with Gasteiger partial charge in [0.05, 0.1) is 25.4 Å². The van der Waals surface area contributed by atoms with E-state index in [2.05, 4.69) is 79.9 Å². The molecule has 1 rings (SSSR count). The first kappa shape index (κ1) is 88.9. The molecule has 0 bridgehead atoms. The molecule has 6 N–H and O–H groups in total. The molecular weight excluding hydrogens is 1150 g/mol.